The van der Waals surface area contributed by atoms with E-state index in [0.717, 1.165) is 29.7 Å². The Kier molecular flexibility index (Phi) is 8.10. The maximum atomic E-state index is 14.3. The van der Waals surface area contributed by atoms with Gasteiger partial charge in [0.15, 0.2) is 5.54 Å². The van der Waals surface area contributed by atoms with E-state index in [4.69, 9.17) is 4.74 Å². The average Bonchev–Trinajstić information content (AvgIpc) is 3.93. The zero-order chi connectivity index (χ0) is 33.6. The number of esters is 1. The quantitative estimate of drug-likeness (QED) is 0.149. The summed E-state index contributed by atoms with van der Waals surface area (Å²) in [6.45, 7) is 4.17. The zero-order valence-electron chi connectivity index (χ0n) is 27.1. The molecule has 4 heterocycles. The van der Waals surface area contributed by atoms with Gasteiger partial charge in [-0.1, -0.05) is 48.5 Å². The van der Waals surface area contributed by atoms with Gasteiger partial charge in [0.05, 0.1) is 7.11 Å². The van der Waals surface area contributed by atoms with Gasteiger partial charge in [-0.25, -0.2) is 4.79 Å². The summed E-state index contributed by atoms with van der Waals surface area (Å²) in [7, 11) is 1.36. The van der Waals surface area contributed by atoms with Crippen molar-refractivity contribution in [2.75, 3.05) is 26.7 Å². The highest BCUT2D eigenvalue weighted by Gasteiger charge is 2.64. The van der Waals surface area contributed by atoms with Gasteiger partial charge in [0.1, 0.15) is 11.9 Å². The van der Waals surface area contributed by atoms with Crippen molar-refractivity contribution in [1.82, 2.24) is 23.9 Å². The zero-order valence-corrected chi connectivity index (χ0v) is 27.1. The largest absolute Gasteiger partial charge is 0.467 e. The number of carbonyl (C=O) groups is 3. The lowest BCUT2D eigenvalue weighted by atomic mass is 9.75. The minimum absolute atomic E-state index is 0.0753. The summed E-state index contributed by atoms with van der Waals surface area (Å²) in [6, 6.07) is 20.6. The number of methoxy groups -OCH3 is 1. The number of hydrogen-bond acceptors (Lipinski definition) is 7. The average molecular weight is 651 g/mol. The molecule has 2 amide bonds. The van der Waals surface area contributed by atoms with Crippen LogP contribution in [0.25, 0.3) is 0 Å². The molecule has 48 heavy (non-hydrogen) atoms. The van der Waals surface area contributed by atoms with Crippen LogP contribution in [0.15, 0.2) is 72.9 Å². The molecule has 1 aliphatic carbocycles. The van der Waals surface area contributed by atoms with Crippen LogP contribution in [0, 0.1) is 23.0 Å². The first kappa shape index (κ1) is 31.3. The number of fused-ring (bicyclic) bond motifs is 3. The predicted molar refractivity (Wildman–Crippen MR) is 175 cm³/mol. The van der Waals surface area contributed by atoms with E-state index in [-0.39, 0.29) is 30.0 Å². The van der Waals surface area contributed by atoms with Crippen molar-refractivity contribution in [2.45, 2.75) is 57.2 Å². The fourth-order valence-electron chi connectivity index (χ4n) is 8.24. The molecule has 2 aliphatic heterocycles. The van der Waals surface area contributed by atoms with Crippen LogP contribution in [-0.4, -0.2) is 78.9 Å². The first-order valence-corrected chi connectivity index (χ1v) is 16.4. The number of hydrogen-bond donors (Lipinski definition) is 0. The predicted octanol–water partition coefficient (Wildman–Crippen LogP) is 4.40. The standard InChI is InChI=1S/C36H38N6O6/c1-24-37-31(42(46)47)23-39(24)17-18-40-29-19-27-22-41(33(43)26-13-7-4-8-14-26)36(35(45)48-2,21-25-11-5-3-6-12-25)32(27)28(29)20-30(40)34(44)38-15-9-10-16-38/h3-8,11-14,20,23,27,32H,9-10,15-19,21-22H2,1-2H3/t27-,32+,36+/m0/s1. The van der Waals surface area contributed by atoms with Crippen LogP contribution < -0.4 is 0 Å². The fourth-order valence-corrected chi connectivity index (χ4v) is 8.24. The van der Waals surface area contributed by atoms with E-state index in [0.29, 0.717) is 56.2 Å². The molecule has 4 aromatic rings. The molecule has 12 heteroatoms. The Morgan fingerprint density at radius 1 is 1.00 bits per heavy atom. The normalized spacial score (nSPS) is 21.3. The van der Waals surface area contributed by atoms with Crippen LogP contribution in [0.5, 0.6) is 0 Å². The van der Waals surface area contributed by atoms with E-state index in [1.54, 1.807) is 28.5 Å². The second-order valence-electron chi connectivity index (χ2n) is 13.0. The Hall–Kier alpha value is -5.26. The number of aryl methyl sites for hydroxylation is 2. The first-order chi connectivity index (χ1) is 23.2. The molecule has 3 atom stereocenters. The van der Waals surface area contributed by atoms with Crippen molar-refractivity contribution in [1.29, 1.82) is 0 Å². The molecule has 248 valence electrons. The van der Waals surface area contributed by atoms with E-state index in [9.17, 15) is 24.5 Å². The van der Waals surface area contributed by atoms with Crippen molar-refractivity contribution >= 4 is 23.6 Å². The summed E-state index contributed by atoms with van der Waals surface area (Å²) in [5.74, 6) is -1.03. The Morgan fingerprint density at radius 3 is 2.33 bits per heavy atom. The third-order valence-electron chi connectivity index (χ3n) is 10.4. The van der Waals surface area contributed by atoms with Crippen LogP contribution >= 0.6 is 0 Å². The minimum Gasteiger partial charge on any atom is -0.467 e. The molecular weight excluding hydrogens is 612 g/mol. The maximum absolute atomic E-state index is 14.3. The third-order valence-corrected chi connectivity index (χ3v) is 10.4. The van der Waals surface area contributed by atoms with E-state index >= 15 is 0 Å². The monoisotopic (exact) mass is 650 g/mol. The van der Waals surface area contributed by atoms with Gasteiger partial charge >= 0.3 is 11.8 Å². The van der Waals surface area contributed by atoms with E-state index < -0.39 is 22.3 Å². The summed E-state index contributed by atoms with van der Waals surface area (Å²) in [5, 5.41) is 11.4. The highest BCUT2D eigenvalue weighted by molar-refractivity contribution is 6.00. The van der Waals surface area contributed by atoms with Crippen LogP contribution in [0.1, 0.15) is 62.3 Å². The number of nitrogens with zero attached hydrogens (tertiary/aromatic N) is 6. The van der Waals surface area contributed by atoms with Gasteiger partial charge in [-0.3, -0.25) is 9.59 Å². The molecule has 0 radical (unpaired) electrons. The number of nitro groups is 1. The van der Waals surface area contributed by atoms with Crippen LogP contribution in [-0.2, 0) is 35.5 Å². The third kappa shape index (κ3) is 5.15. The summed E-state index contributed by atoms with van der Waals surface area (Å²) in [4.78, 5) is 61.2. The number of ether oxygens (including phenoxy) is 1. The number of imidazole rings is 1. The van der Waals surface area contributed by atoms with Gasteiger partial charge in [-0.2, -0.15) is 0 Å². The molecule has 2 aromatic carbocycles. The Bertz CT molecular complexity index is 1880. The Labute approximate surface area is 278 Å². The lowest BCUT2D eigenvalue weighted by Crippen LogP contribution is -2.58. The van der Waals surface area contributed by atoms with Gasteiger partial charge in [-0.05, 0) is 64.4 Å². The smallest absolute Gasteiger partial charge is 0.381 e. The van der Waals surface area contributed by atoms with Crippen molar-refractivity contribution in [2.24, 2.45) is 5.92 Å². The summed E-state index contributed by atoms with van der Waals surface area (Å²) in [5.41, 5.74) is 2.38. The van der Waals surface area contributed by atoms with Crippen molar-refractivity contribution < 1.29 is 24.0 Å². The molecule has 2 fully saturated rings. The first-order valence-electron chi connectivity index (χ1n) is 16.4. The number of likely N-dealkylation sites (tertiary alicyclic amines) is 2. The fraction of sp³-hybridized carbons (Fsp3) is 0.389. The number of amides is 2. The highest BCUT2D eigenvalue weighted by atomic mass is 16.6. The lowest BCUT2D eigenvalue weighted by molar-refractivity contribution is -0.389. The molecule has 3 aliphatic rings. The van der Waals surface area contributed by atoms with Crippen LogP contribution in [0.2, 0.25) is 0 Å². The van der Waals surface area contributed by atoms with E-state index in [2.05, 4.69) is 4.98 Å². The minimum atomic E-state index is -1.36. The number of carbonyl (C=O) groups excluding carboxylic acids is 3. The van der Waals surface area contributed by atoms with Crippen LogP contribution in [0.3, 0.4) is 0 Å². The summed E-state index contributed by atoms with van der Waals surface area (Å²) in [6.07, 6.45) is 4.10. The summed E-state index contributed by atoms with van der Waals surface area (Å²) >= 11 is 0. The molecule has 0 saturated carbocycles. The van der Waals surface area contributed by atoms with Crippen molar-refractivity contribution in [3.63, 3.8) is 0 Å². The molecule has 7 rings (SSSR count). The van der Waals surface area contributed by atoms with E-state index in [1.807, 2.05) is 64.1 Å². The van der Waals surface area contributed by atoms with Crippen molar-refractivity contribution in [3.05, 3.63) is 117 Å². The lowest BCUT2D eigenvalue weighted by Gasteiger charge is -2.40. The molecule has 0 unspecified atom stereocenters. The Morgan fingerprint density at radius 2 is 1.69 bits per heavy atom. The van der Waals surface area contributed by atoms with Gasteiger partial charge < -0.3 is 33.8 Å². The SMILES string of the molecule is COC(=O)[C@@]1(Cc2ccccc2)[C@H]2c3cc(C(=O)N4CCCC4)n(CCn4cc([N+](=O)[O-])nc4C)c3C[C@H]2CN1C(=O)c1ccccc1. The molecule has 12 nitrogen and oxygen atoms in total. The van der Waals surface area contributed by atoms with Gasteiger partial charge in [0, 0.05) is 63.2 Å². The highest BCUT2D eigenvalue weighted by Crippen LogP contribution is 2.55. The maximum Gasteiger partial charge on any atom is 0.381 e. The number of benzene rings is 2. The summed E-state index contributed by atoms with van der Waals surface area (Å²) < 4.78 is 9.35. The van der Waals surface area contributed by atoms with Gasteiger partial charge in [0.2, 0.25) is 5.82 Å². The van der Waals surface area contributed by atoms with Gasteiger partial charge in [-0.15, -0.1) is 0 Å². The Balaban J connectivity index is 1.35. The second kappa shape index (κ2) is 12.4. The molecular formula is C36H38N6O6. The molecule has 0 N–H and O–H groups in total. The van der Waals surface area contributed by atoms with Gasteiger partial charge in [0.25, 0.3) is 11.8 Å². The van der Waals surface area contributed by atoms with Crippen molar-refractivity contribution in [3.8, 4) is 0 Å². The second-order valence-corrected chi connectivity index (χ2v) is 13.0. The van der Waals surface area contributed by atoms with E-state index in [1.165, 1.54) is 13.3 Å². The molecule has 0 spiro atoms. The number of rotatable bonds is 9. The number of aromatic nitrogens is 3. The van der Waals surface area contributed by atoms with Crippen LogP contribution in [0.4, 0.5) is 5.82 Å². The topological polar surface area (TPSA) is 133 Å². The molecule has 0 bridgehead atoms. The molecule has 2 aromatic heterocycles. The molecule has 2 saturated heterocycles.